The molecule has 0 amide bonds. The van der Waals surface area contributed by atoms with Gasteiger partial charge in [0, 0.05) is 63.0 Å². The van der Waals surface area contributed by atoms with Gasteiger partial charge < -0.3 is 19.7 Å². The molecule has 49 heavy (non-hydrogen) atoms. The normalized spacial score (nSPS) is 11.6. The molecule has 0 aliphatic carbocycles. The smallest absolute Gasteiger partial charge is 0.269 e. The largest absolute Gasteiger partial charge is 0.497 e. The molecule has 8 bridgehead atoms. The average molecular weight is 647 g/mol. The first-order valence-electron chi connectivity index (χ1n) is 15.3. The van der Waals surface area contributed by atoms with E-state index in [0.29, 0.717) is 11.4 Å². The Morgan fingerprint density at radius 3 is 1.24 bits per heavy atom. The zero-order valence-electron chi connectivity index (χ0n) is 25.9. The fourth-order valence-electron chi connectivity index (χ4n) is 6.32. The summed E-state index contributed by atoms with van der Waals surface area (Å²) in [5.41, 5.74) is 11.2. The van der Waals surface area contributed by atoms with Crippen molar-refractivity contribution < 1.29 is 14.6 Å². The number of aromatic amines is 3. The number of nitrogens with one attached hydrogen (secondary N) is 3. The summed E-state index contributed by atoms with van der Waals surface area (Å²) in [6, 6.07) is 32.6. The van der Waals surface area contributed by atoms with E-state index in [1.807, 2.05) is 72.8 Å². The van der Waals surface area contributed by atoms with Gasteiger partial charge in [0.05, 0.1) is 39.4 Å². The zero-order valence-corrected chi connectivity index (χ0v) is 25.9. The van der Waals surface area contributed by atoms with Crippen molar-refractivity contribution in [1.82, 2.24) is 19.9 Å². The summed E-state index contributed by atoms with van der Waals surface area (Å²) in [5, 5.41) is 22.9. The van der Waals surface area contributed by atoms with Gasteiger partial charge in [0.25, 0.3) is 11.4 Å². The molecule has 238 valence electrons. The third-order valence-corrected chi connectivity index (χ3v) is 8.69. The maximum atomic E-state index is 11.4. The van der Waals surface area contributed by atoms with Gasteiger partial charge in [-0.2, -0.15) is 0 Å². The van der Waals surface area contributed by atoms with Gasteiger partial charge in [0.15, 0.2) is 0 Å². The molecule has 7 aromatic rings. The number of ether oxygens (including phenoxy) is 1. The Labute approximate surface area is 277 Å². The fourth-order valence-corrected chi connectivity index (χ4v) is 6.32. The number of nitro benzene ring substituents is 2. The first kappa shape index (κ1) is 29.4. The first-order chi connectivity index (χ1) is 23.9. The van der Waals surface area contributed by atoms with Crippen LogP contribution in [0, 0.1) is 20.2 Å². The molecular weight excluding hydrogens is 620 g/mol. The van der Waals surface area contributed by atoms with Crippen LogP contribution in [0.3, 0.4) is 0 Å². The minimum absolute atomic E-state index is 0.00138. The Morgan fingerprint density at radius 1 is 0.490 bits per heavy atom. The number of hydrogen-bond acceptors (Lipinski definition) is 6. The first-order valence-corrected chi connectivity index (χ1v) is 15.3. The van der Waals surface area contributed by atoms with Crippen LogP contribution in [0.25, 0.3) is 78.6 Å². The number of fused-ring (bicyclic) bond motifs is 9. The van der Waals surface area contributed by atoms with Crippen LogP contribution in [0.4, 0.5) is 11.4 Å². The summed E-state index contributed by atoms with van der Waals surface area (Å²) in [7, 11) is 1.62. The number of nitro groups is 2. The van der Waals surface area contributed by atoms with E-state index < -0.39 is 9.85 Å². The molecule has 0 saturated heterocycles. The van der Waals surface area contributed by atoms with Crippen molar-refractivity contribution in [2.45, 2.75) is 0 Å². The Bertz CT molecular complexity index is 2580. The summed E-state index contributed by atoms with van der Waals surface area (Å²) < 4.78 is 5.43. The number of hydrogen-bond donors (Lipinski definition) is 3. The van der Waals surface area contributed by atoms with Crippen molar-refractivity contribution in [3.8, 4) is 39.1 Å². The number of rotatable bonds is 6. The predicted octanol–water partition coefficient (Wildman–Crippen LogP) is 9.52. The second-order valence-corrected chi connectivity index (χ2v) is 11.5. The SMILES string of the molecule is COc1ccc(-c2c3nc(c(-c4ccc([N+](=O)[O-])cc4)c4ccc([nH]4)c4ccc([nH]4)c(-c4ccc([N+](=O)[O-])cc4)c4ccc2[nH]4)C=C3)cc1. The molecule has 11 nitrogen and oxygen atoms in total. The van der Waals surface area contributed by atoms with E-state index in [0.717, 1.165) is 72.2 Å². The molecule has 1 aliphatic heterocycles. The molecule has 11 heteroatoms. The van der Waals surface area contributed by atoms with E-state index in [9.17, 15) is 20.2 Å². The van der Waals surface area contributed by atoms with Gasteiger partial charge in [-0.3, -0.25) is 20.2 Å². The zero-order chi connectivity index (χ0) is 33.6. The van der Waals surface area contributed by atoms with Crippen LogP contribution < -0.4 is 4.74 Å². The van der Waals surface area contributed by atoms with Crippen LogP contribution in [-0.4, -0.2) is 36.9 Å². The second kappa shape index (κ2) is 11.7. The molecule has 8 rings (SSSR count). The lowest BCUT2D eigenvalue weighted by molar-refractivity contribution is -0.385. The Hall–Kier alpha value is -7.01. The minimum Gasteiger partial charge on any atom is -0.497 e. The highest BCUT2D eigenvalue weighted by Gasteiger charge is 2.17. The number of nitrogens with zero attached hydrogens (tertiary/aromatic N) is 3. The van der Waals surface area contributed by atoms with Gasteiger partial charge >= 0.3 is 0 Å². The van der Waals surface area contributed by atoms with Crippen molar-refractivity contribution in [1.29, 1.82) is 0 Å². The summed E-state index contributed by atoms with van der Waals surface area (Å²) >= 11 is 0. The van der Waals surface area contributed by atoms with Crippen molar-refractivity contribution >= 4 is 56.6 Å². The van der Waals surface area contributed by atoms with E-state index in [2.05, 4.69) is 15.0 Å². The molecule has 5 heterocycles. The molecule has 0 radical (unpaired) electrons. The molecule has 0 fully saturated rings. The molecule has 0 atom stereocenters. The van der Waals surface area contributed by atoms with E-state index in [-0.39, 0.29) is 11.4 Å². The highest BCUT2D eigenvalue weighted by molar-refractivity contribution is 5.99. The number of H-pyrrole nitrogens is 3. The van der Waals surface area contributed by atoms with E-state index >= 15 is 0 Å². The molecular formula is C38H26N6O5. The Morgan fingerprint density at radius 2 is 0.837 bits per heavy atom. The Kier molecular flexibility index (Phi) is 6.99. The van der Waals surface area contributed by atoms with E-state index in [1.54, 1.807) is 31.4 Å². The summed E-state index contributed by atoms with van der Waals surface area (Å²) in [6.45, 7) is 0. The maximum absolute atomic E-state index is 11.4. The monoisotopic (exact) mass is 646 g/mol. The standard InChI is InChI=1S/C38H26N6O5/c1-49-27-12-6-24(7-13-27)38-34-20-18-32(41-34)36(22-2-8-25(9-3-22)43(45)46)30-16-14-28(39-30)29-15-17-31(40-29)37(33-19-21-35(38)42-33)23-4-10-26(11-5-23)44(47)48/h2-21,39-41H,1H3. The fraction of sp³-hybridized carbons (Fsp3) is 0.0263. The van der Waals surface area contributed by atoms with E-state index in [4.69, 9.17) is 9.72 Å². The van der Waals surface area contributed by atoms with Crippen molar-refractivity contribution in [2.75, 3.05) is 7.11 Å². The van der Waals surface area contributed by atoms with Gasteiger partial charge in [-0.25, -0.2) is 4.98 Å². The highest BCUT2D eigenvalue weighted by Crippen LogP contribution is 2.37. The van der Waals surface area contributed by atoms with Gasteiger partial charge in [-0.05, 0) is 102 Å². The lowest BCUT2D eigenvalue weighted by Gasteiger charge is -2.06. The summed E-state index contributed by atoms with van der Waals surface area (Å²) in [4.78, 5) is 37.9. The lowest BCUT2D eigenvalue weighted by Crippen LogP contribution is -1.90. The van der Waals surface area contributed by atoms with Crippen molar-refractivity contribution in [3.63, 3.8) is 0 Å². The third-order valence-electron chi connectivity index (χ3n) is 8.69. The van der Waals surface area contributed by atoms with Crippen LogP contribution >= 0.6 is 0 Å². The van der Waals surface area contributed by atoms with Crippen LogP contribution in [0.15, 0.2) is 109 Å². The number of methoxy groups -OCH3 is 1. The van der Waals surface area contributed by atoms with Crippen molar-refractivity contribution in [2.24, 2.45) is 0 Å². The maximum Gasteiger partial charge on any atom is 0.269 e. The average Bonchev–Trinajstić information content (AvgIpc) is 3.95. The minimum atomic E-state index is -0.415. The third kappa shape index (κ3) is 5.25. The molecule has 3 N–H and O–H groups in total. The highest BCUT2D eigenvalue weighted by atomic mass is 16.6. The van der Waals surface area contributed by atoms with Crippen LogP contribution in [0.1, 0.15) is 11.4 Å². The molecule has 0 spiro atoms. The van der Waals surface area contributed by atoms with Gasteiger partial charge in [0.2, 0.25) is 0 Å². The molecule has 1 aliphatic rings. The molecule has 0 unspecified atom stereocenters. The van der Waals surface area contributed by atoms with Crippen molar-refractivity contribution in [3.05, 3.63) is 141 Å². The van der Waals surface area contributed by atoms with E-state index in [1.165, 1.54) is 24.3 Å². The number of non-ortho nitro benzene ring substituents is 2. The van der Waals surface area contributed by atoms with Gasteiger partial charge in [-0.1, -0.05) is 12.1 Å². The summed E-state index contributed by atoms with van der Waals surface area (Å²) in [5.74, 6) is 0.720. The van der Waals surface area contributed by atoms with Gasteiger partial charge in [0.1, 0.15) is 5.75 Å². The molecule has 0 saturated carbocycles. The van der Waals surface area contributed by atoms with Gasteiger partial charge in [-0.15, -0.1) is 0 Å². The lowest BCUT2D eigenvalue weighted by atomic mass is 10.0. The predicted molar refractivity (Wildman–Crippen MR) is 191 cm³/mol. The second-order valence-electron chi connectivity index (χ2n) is 11.5. The molecule has 3 aromatic carbocycles. The molecule has 4 aromatic heterocycles. The summed E-state index contributed by atoms with van der Waals surface area (Å²) in [6.07, 6.45) is 3.92. The number of benzene rings is 3. The topological polar surface area (TPSA) is 156 Å². The Balaban J connectivity index is 1.50. The quantitative estimate of drug-likeness (QED) is 0.121. The van der Waals surface area contributed by atoms with Crippen LogP contribution in [0.5, 0.6) is 5.75 Å². The number of aromatic nitrogens is 4. The van der Waals surface area contributed by atoms with Crippen LogP contribution in [-0.2, 0) is 0 Å². The van der Waals surface area contributed by atoms with Crippen LogP contribution in [0.2, 0.25) is 0 Å².